The van der Waals surface area contributed by atoms with Gasteiger partial charge >= 0.3 is 0 Å². The number of halogens is 1. The van der Waals surface area contributed by atoms with Crippen LogP contribution in [0, 0.1) is 0 Å². The van der Waals surface area contributed by atoms with Crippen LogP contribution < -0.4 is 10.5 Å². The van der Waals surface area contributed by atoms with Gasteiger partial charge in [0.1, 0.15) is 0 Å². The highest BCUT2D eigenvalue weighted by molar-refractivity contribution is 7.89. The average molecular weight is 378 g/mol. The Labute approximate surface area is 148 Å². The molecule has 0 saturated heterocycles. The van der Waals surface area contributed by atoms with Gasteiger partial charge in [-0.2, -0.15) is 0 Å². The summed E-state index contributed by atoms with van der Waals surface area (Å²) >= 11 is 1.53. The zero-order valence-corrected chi connectivity index (χ0v) is 16.5. The zero-order chi connectivity index (χ0) is 16.8. The van der Waals surface area contributed by atoms with E-state index in [2.05, 4.69) is 30.5 Å². The molecular formula is C15H24ClN3O2S2. The Morgan fingerprint density at radius 2 is 1.83 bits per heavy atom. The third kappa shape index (κ3) is 4.64. The van der Waals surface area contributed by atoms with Crippen LogP contribution in [0.15, 0.2) is 23.1 Å². The van der Waals surface area contributed by atoms with E-state index < -0.39 is 15.6 Å². The summed E-state index contributed by atoms with van der Waals surface area (Å²) in [4.78, 5) is 4.82. The van der Waals surface area contributed by atoms with Gasteiger partial charge in [0.2, 0.25) is 10.0 Å². The van der Waals surface area contributed by atoms with E-state index in [1.54, 1.807) is 32.0 Å². The van der Waals surface area contributed by atoms with Gasteiger partial charge in [-0.15, -0.1) is 23.7 Å². The lowest BCUT2D eigenvalue weighted by molar-refractivity contribution is 0.462. The fourth-order valence-electron chi connectivity index (χ4n) is 1.86. The van der Waals surface area contributed by atoms with Crippen molar-refractivity contribution in [2.75, 3.05) is 6.54 Å². The lowest BCUT2D eigenvalue weighted by atomic mass is 9.98. The highest BCUT2D eigenvalue weighted by Gasteiger charge is 2.26. The van der Waals surface area contributed by atoms with Gasteiger partial charge in [0, 0.05) is 17.5 Å². The quantitative estimate of drug-likeness (QED) is 0.857. The van der Waals surface area contributed by atoms with Gasteiger partial charge in [-0.25, -0.2) is 18.1 Å². The van der Waals surface area contributed by atoms with Crippen LogP contribution >= 0.6 is 23.7 Å². The smallest absolute Gasteiger partial charge is 0.241 e. The summed E-state index contributed by atoms with van der Waals surface area (Å²) in [5, 5.41) is 0.993. The number of nitrogens with zero attached hydrogens (tertiary/aromatic N) is 1. The fraction of sp³-hybridized carbons (Fsp3) is 0.533. The highest BCUT2D eigenvalue weighted by atomic mass is 35.5. The number of fused-ring (bicyclic) bond motifs is 1. The van der Waals surface area contributed by atoms with Gasteiger partial charge in [0.25, 0.3) is 0 Å². The number of thiazole rings is 1. The molecule has 3 N–H and O–H groups in total. The van der Waals surface area contributed by atoms with E-state index in [0.717, 1.165) is 15.2 Å². The molecule has 0 unspecified atom stereocenters. The molecule has 0 bridgehead atoms. The lowest BCUT2D eigenvalue weighted by Crippen LogP contribution is -2.48. The van der Waals surface area contributed by atoms with E-state index in [1.807, 2.05) is 0 Å². The van der Waals surface area contributed by atoms with Crippen molar-refractivity contribution in [3.63, 3.8) is 0 Å². The van der Waals surface area contributed by atoms with Crippen molar-refractivity contribution in [2.45, 2.75) is 50.5 Å². The third-order valence-corrected chi connectivity index (χ3v) is 6.37. The van der Waals surface area contributed by atoms with E-state index in [4.69, 9.17) is 5.73 Å². The summed E-state index contributed by atoms with van der Waals surface area (Å²) in [6, 6.07) is 5.02. The van der Waals surface area contributed by atoms with E-state index in [1.165, 1.54) is 11.3 Å². The topological polar surface area (TPSA) is 85.1 Å². The van der Waals surface area contributed by atoms with Crippen molar-refractivity contribution in [1.29, 1.82) is 0 Å². The number of rotatable bonds is 4. The van der Waals surface area contributed by atoms with E-state index >= 15 is 0 Å². The molecule has 0 aliphatic carbocycles. The molecule has 0 aliphatic rings. The SMILES string of the molecule is CC(C)(CN)NS(=O)(=O)c1ccc2nc(C(C)(C)C)sc2c1.Cl. The highest BCUT2D eigenvalue weighted by Crippen LogP contribution is 2.32. The largest absolute Gasteiger partial charge is 0.329 e. The second-order valence-corrected chi connectivity index (χ2v) is 9.81. The maximum absolute atomic E-state index is 12.5. The van der Waals surface area contributed by atoms with Gasteiger partial charge in [-0.05, 0) is 32.0 Å². The van der Waals surface area contributed by atoms with Crippen LogP contribution in [0.5, 0.6) is 0 Å². The number of nitrogens with one attached hydrogen (secondary N) is 1. The van der Waals surface area contributed by atoms with Crippen molar-refractivity contribution in [2.24, 2.45) is 5.73 Å². The van der Waals surface area contributed by atoms with Crippen LogP contribution in [0.2, 0.25) is 0 Å². The van der Waals surface area contributed by atoms with Gasteiger partial charge in [0.15, 0.2) is 0 Å². The molecule has 0 spiro atoms. The minimum Gasteiger partial charge on any atom is -0.329 e. The van der Waals surface area contributed by atoms with Crippen LogP contribution in [0.25, 0.3) is 10.2 Å². The first-order valence-corrected chi connectivity index (χ1v) is 9.40. The fourth-order valence-corrected chi connectivity index (χ4v) is 4.44. The molecule has 1 aromatic heterocycles. The van der Waals surface area contributed by atoms with Gasteiger partial charge in [-0.1, -0.05) is 20.8 Å². The molecule has 5 nitrogen and oxygen atoms in total. The second-order valence-electron chi connectivity index (χ2n) is 7.09. The number of sulfonamides is 1. The normalized spacial score (nSPS) is 13.1. The van der Waals surface area contributed by atoms with Crippen LogP contribution in [-0.4, -0.2) is 25.5 Å². The van der Waals surface area contributed by atoms with Crippen LogP contribution in [0.4, 0.5) is 0 Å². The Morgan fingerprint density at radius 1 is 1.22 bits per heavy atom. The number of hydrogen-bond acceptors (Lipinski definition) is 5. The van der Waals surface area contributed by atoms with Crippen LogP contribution in [-0.2, 0) is 15.4 Å². The number of nitrogens with two attached hydrogens (primary N) is 1. The molecule has 130 valence electrons. The molecule has 0 aliphatic heterocycles. The Kier molecular flexibility index (Phi) is 5.87. The first-order chi connectivity index (χ1) is 9.94. The first-order valence-electron chi connectivity index (χ1n) is 7.10. The zero-order valence-electron chi connectivity index (χ0n) is 14.0. The summed E-state index contributed by atoms with van der Waals surface area (Å²) in [5.41, 5.74) is 5.69. The van der Waals surface area contributed by atoms with Crippen LogP contribution in [0.1, 0.15) is 39.6 Å². The van der Waals surface area contributed by atoms with Crippen molar-refractivity contribution in [3.05, 3.63) is 23.2 Å². The molecule has 2 rings (SSSR count). The molecule has 0 atom stereocenters. The average Bonchev–Trinajstić information content (AvgIpc) is 2.80. The number of benzene rings is 1. The Hall–Kier alpha value is -0.730. The monoisotopic (exact) mass is 377 g/mol. The molecular weight excluding hydrogens is 354 g/mol. The Bertz CT molecular complexity index is 793. The second kappa shape index (κ2) is 6.64. The van der Waals surface area contributed by atoms with Crippen molar-refractivity contribution < 1.29 is 8.42 Å². The molecule has 1 aromatic carbocycles. The summed E-state index contributed by atoms with van der Waals surface area (Å²) in [5.74, 6) is 0. The molecule has 0 fully saturated rings. The van der Waals surface area contributed by atoms with E-state index in [0.29, 0.717) is 0 Å². The van der Waals surface area contributed by atoms with Gasteiger partial charge in [-0.3, -0.25) is 0 Å². The molecule has 0 radical (unpaired) electrons. The first kappa shape index (κ1) is 20.3. The molecule has 23 heavy (non-hydrogen) atoms. The standard InChI is InChI=1S/C15H23N3O2S2.ClH/c1-14(2,3)13-17-11-7-6-10(8-12(11)21-13)22(19,20)18-15(4,5)9-16;/h6-8,18H,9,16H2,1-5H3;1H. The minimum atomic E-state index is -3.60. The molecule has 0 saturated carbocycles. The van der Waals surface area contributed by atoms with Crippen molar-refractivity contribution >= 4 is 44.0 Å². The molecule has 1 heterocycles. The maximum Gasteiger partial charge on any atom is 0.241 e. The van der Waals surface area contributed by atoms with Gasteiger partial charge in [0.05, 0.1) is 20.1 Å². The minimum absolute atomic E-state index is 0. The summed E-state index contributed by atoms with van der Waals surface area (Å²) in [6.07, 6.45) is 0. The van der Waals surface area contributed by atoms with Crippen molar-refractivity contribution in [3.8, 4) is 0 Å². The van der Waals surface area contributed by atoms with Crippen LogP contribution in [0.3, 0.4) is 0 Å². The third-order valence-electron chi connectivity index (χ3n) is 3.23. The molecule has 8 heteroatoms. The van der Waals surface area contributed by atoms with E-state index in [-0.39, 0.29) is 29.3 Å². The Balaban J connectivity index is 0.00000264. The maximum atomic E-state index is 12.5. The molecule has 0 amide bonds. The predicted octanol–water partition coefficient (Wildman–Crippen LogP) is 3.03. The Morgan fingerprint density at radius 3 is 2.35 bits per heavy atom. The molecule has 2 aromatic rings. The van der Waals surface area contributed by atoms with E-state index in [9.17, 15) is 8.42 Å². The number of hydrogen-bond donors (Lipinski definition) is 2. The van der Waals surface area contributed by atoms with Crippen molar-refractivity contribution in [1.82, 2.24) is 9.71 Å². The summed E-state index contributed by atoms with van der Waals surface area (Å²) in [6.45, 7) is 10.0. The lowest BCUT2D eigenvalue weighted by Gasteiger charge is -2.23. The van der Waals surface area contributed by atoms with Gasteiger partial charge < -0.3 is 5.73 Å². The predicted molar refractivity (Wildman–Crippen MR) is 99.0 cm³/mol. The summed E-state index contributed by atoms with van der Waals surface area (Å²) in [7, 11) is -3.60. The number of aromatic nitrogens is 1. The summed E-state index contributed by atoms with van der Waals surface area (Å²) < 4.78 is 28.4.